The average Bonchev–Trinajstić information content (AvgIpc) is 1.85. The van der Waals surface area contributed by atoms with Crippen LogP contribution in [0, 0.1) is 0 Å². The molecule has 0 bridgehead atoms. The molecule has 0 aromatic heterocycles. The molecule has 0 saturated carbocycles. The van der Waals surface area contributed by atoms with Gasteiger partial charge in [0.05, 0.1) is 0 Å². The molecule has 0 N–H and O–H groups in total. The van der Waals surface area contributed by atoms with Crippen LogP contribution in [0.1, 0.15) is 13.8 Å². The molecule has 0 saturated heterocycles. The summed E-state index contributed by atoms with van der Waals surface area (Å²) in [7, 11) is 1.44. The Labute approximate surface area is 66.7 Å². The molecule has 0 aliphatic carbocycles. The summed E-state index contributed by atoms with van der Waals surface area (Å²) in [5, 5.41) is 0. The van der Waals surface area contributed by atoms with Crippen molar-refractivity contribution >= 4 is 8.58 Å². The third kappa shape index (κ3) is 3.92. The monoisotopic (exact) mass is 187 g/mol. The predicted octanol–water partition coefficient (Wildman–Crippen LogP) is 2.48. The first kappa shape index (κ1) is 11.2. The Morgan fingerprint density at radius 2 is 1.91 bits per heavy atom. The van der Waals surface area contributed by atoms with Gasteiger partial charge in [0.1, 0.15) is 0 Å². The second-order valence-electron chi connectivity index (χ2n) is 2.31. The van der Waals surface area contributed by atoms with E-state index in [1.54, 1.807) is 6.92 Å². The maximum Gasteiger partial charge on any atom is 0.460 e. The van der Waals surface area contributed by atoms with E-state index in [9.17, 15) is 13.2 Å². The molecular weight excluding hydrogens is 174 g/mol. The van der Waals surface area contributed by atoms with Crippen LogP contribution in [0.2, 0.25) is 0 Å². The van der Waals surface area contributed by atoms with Gasteiger partial charge in [0.15, 0.2) is 0 Å². The highest BCUT2D eigenvalue weighted by Crippen LogP contribution is 2.29. The van der Waals surface area contributed by atoms with Crippen LogP contribution in [0.25, 0.3) is 0 Å². The molecule has 0 aromatic rings. The summed E-state index contributed by atoms with van der Waals surface area (Å²) in [5.74, 6) is -0.389. The Morgan fingerprint density at radius 1 is 1.45 bits per heavy atom. The molecule has 0 spiro atoms. The first-order valence-corrected chi connectivity index (χ1v) is 4.71. The number of rotatable bonds is 3. The van der Waals surface area contributed by atoms with Gasteiger partial charge in [-0.2, -0.15) is 13.2 Å². The van der Waals surface area contributed by atoms with Crippen molar-refractivity contribution in [2.75, 3.05) is 13.2 Å². The zero-order chi connectivity index (χ0) is 9.07. The van der Waals surface area contributed by atoms with E-state index in [1.807, 2.05) is 6.92 Å². The molecular formula is C6H13F3NP. The molecule has 11 heavy (non-hydrogen) atoms. The predicted molar refractivity (Wildman–Crippen MR) is 42.1 cm³/mol. The summed E-state index contributed by atoms with van der Waals surface area (Å²) in [6.07, 6.45) is -3.37. The largest absolute Gasteiger partial charge is 0.460 e. The fraction of sp³-hybridized carbons (Fsp3) is 1.00. The lowest BCUT2D eigenvalue weighted by Crippen LogP contribution is -2.38. The van der Waals surface area contributed by atoms with Gasteiger partial charge in [-0.1, -0.05) is 6.92 Å². The van der Waals surface area contributed by atoms with Crippen LogP contribution in [0.15, 0.2) is 0 Å². The van der Waals surface area contributed by atoms with Crippen LogP contribution in [-0.2, 0) is 0 Å². The molecule has 0 rings (SSSR count). The van der Waals surface area contributed by atoms with Gasteiger partial charge in [0, 0.05) is 5.78 Å². The number of alkyl halides is 3. The summed E-state index contributed by atoms with van der Waals surface area (Å²) in [6, 6.07) is 0. The van der Waals surface area contributed by atoms with Crippen molar-refractivity contribution in [1.29, 1.82) is 0 Å². The van der Waals surface area contributed by atoms with E-state index >= 15 is 0 Å². The summed E-state index contributed by atoms with van der Waals surface area (Å²) in [4.78, 5) is 0.453. The Morgan fingerprint density at radius 3 is 2.18 bits per heavy atom. The maximum absolute atomic E-state index is 12.0. The second-order valence-corrected chi connectivity index (χ2v) is 4.26. The minimum absolute atomic E-state index is 0.348. The van der Waals surface area contributed by atoms with E-state index in [2.05, 4.69) is 0 Å². The van der Waals surface area contributed by atoms with Crippen molar-refractivity contribution in [3.63, 3.8) is 0 Å². The number of hydrogen-bond donors (Lipinski definition) is 0. The van der Waals surface area contributed by atoms with E-state index < -0.39 is 6.30 Å². The molecule has 0 aliphatic heterocycles. The van der Waals surface area contributed by atoms with Gasteiger partial charge in [-0.25, -0.2) is 4.90 Å². The van der Waals surface area contributed by atoms with E-state index in [4.69, 9.17) is 0 Å². The van der Waals surface area contributed by atoms with Crippen molar-refractivity contribution in [2.45, 2.75) is 25.9 Å². The minimum Gasteiger partial charge on any atom is -0.211 e. The highest BCUT2D eigenvalue weighted by atomic mass is 31.1. The Hall–Kier alpha value is 0.180. The number of hydrogen-bond acceptors (Lipinski definition) is 1. The van der Waals surface area contributed by atoms with Crippen molar-refractivity contribution in [3.05, 3.63) is 0 Å². The third-order valence-electron chi connectivity index (χ3n) is 1.48. The average molecular weight is 187 g/mol. The highest BCUT2D eigenvalue weighted by molar-refractivity contribution is 7.38. The van der Waals surface area contributed by atoms with Gasteiger partial charge < -0.3 is 0 Å². The van der Waals surface area contributed by atoms with Gasteiger partial charge >= 0.3 is 6.30 Å². The maximum atomic E-state index is 12.0. The van der Waals surface area contributed by atoms with Crippen LogP contribution in [0.4, 0.5) is 13.2 Å². The van der Waals surface area contributed by atoms with Gasteiger partial charge in [0.2, 0.25) is 0 Å². The molecule has 1 nitrogen and oxygen atoms in total. The molecule has 0 amide bonds. The molecule has 0 fully saturated rings. The smallest absolute Gasteiger partial charge is 0.211 e. The van der Waals surface area contributed by atoms with Crippen molar-refractivity contribution < 1.29 is 13.2 Å². The molecule has 68 valence electrons. The molecule has 2 unspecified atom stereocenters. The first-order valence-electron chi connectivity index (χ1n) is 3.42. The van der Waals surface area contributed by atoms with Crippen molar-refractivity contribution in [3.8, 4) is 0 Å². The Bertz CT molecular complexity index is 115. The summed E-state index contributed by atoms with van der Waals surface area (Å²) in [5.41, 5.74) is 0. The SMILES string of the molecule is CCPC(C)N(C)C(F)(F)F. The molecule has 0 radical (unpaired) electrons. The Balaban J connectivity index is 3.91. The van der Waals surface area contributed by atoms with Gasteiger partial charge in [-0.05, 0) is 20.1 Å². The quantitative estimate of drug-likeness (QED) is 0.484. The van der Waals surface area contributed by atoms with Crippen LogP contribution >= 0.6 is 8.58 Å². The molecule has 0 aromatic carbocycles. The Kier molecular flexibility index (Phi) is 4.34. The van der Waals surface area contributed by atoms with E-state index in [-0.39, 0.29) is 5.78 Å². The highest BCUT2D eigenvalue weighted by Gasteiger charge is 2.36. The molecule has 5 heteroatoms. The lowest BCUT2D eigenvalue weighted by Gasteiger charge is -2.26. The third-order valence-corrected chi connectivity index (χ3v) is 2.87. The zero-order valence-electron chi connectivity index (χ0n) is 6.87. The van der Waals surface area contributed by atoms with Crippen LogP contribution < -0.4 is 0 Å². The summed E-state index contributed by atoms with van der Waals surface area (Å²) in [6.45, 7) is 3.48. The standard InChI is InChI=1S/C6H13F3NP/c1-4-11-5(2)10(3)6(7,8)9/h5,11H,4H2,1-3H3. The van der Waals surface area contributed by atoms with E-state index in [1.165, 1.54) is 0 Å². The van der Waals surface area contributed by atoms with Crippen LogP contribution in [-0.4, -0.2) is 30.2 Å². The number of halogens is 3. The zero-order valence-corrected chi connectivity index (χ0v) is 7.87. The van der Waals surface area contributed by atoms with Crippen molar-refractivity contribution in [1.82, 2.24) is 4.90 Å². The van der Waals surface area contributed by atoms with Gasteiger partial charge in [-0.15, -0.1) is 8.58 Å². The van der Waals surface area contributed by atoms with Crippen molar-refractivity contribution in [2.24, 2.45) is 0 Å². The lowest BCUT2D eigenvalue weighted by molar-refractivity contribution is -0.239. The summed E-state index contributed by atoms with van der Waals surface area (Å²) < 4.78 is 35.9. The van der Waals surface area contributed by atoms with Crippen LogP contribution in [0.5, 0.6) is 0 Å². The summed E-state index contributed by atoms with van der Waals surface area (Å²) >= 11 is 0. The minimum atomic E-state index is -4.18. The molecule has 2 atom stereocenters. The first-order chi connectivity index (χ1) is 4.89. The number of nitrogens with zero attached hydrogens (tertiary/aromatic N) is 1. The van der Waals surface area contributed by atoms with E-state index in [0.29, 0.717) is 13.5 Å². The van der Waals surface area contributed by atoms with E-state index in [0.717, 1.165) is 13.2 Å². The fourth-order valence-electron chi connectivity index (χ4n) is 0.652. The normalized spacial score (nSPS) is 16.6. The lowest BCUT2D eigenvalue weighted by atomic mass is 10.6. The van der Waals surface area contributed by atoms with Gasteiger partial charge in [0.25, 0.3) is 0 Å². The topological polar surface area (TPSA) is 3.24 Å². The van der Waals surface area contributed by atoms with Crippen LogP contribution in [0.3, 0.4) is 0 Å². The fourth-order valence-corrected chi connectivity index (χ4v) is 1.66. The molecule has 0 heterocycles. The van der Waals surface area contributed by atoms with Gasteiger partial charge in [-0.3, -0.25) is 0 Å². The second kappa shape index (κ2) is 4.27. The molecule has 0 aliphatic rings.